The number of rotatable bonds is 4. The zero-order valence-corrected chi connectivity index (χ0v) is 10.7. The molecule has 0 bridgehead atoms. The lowest BCUT2D eigenvalue weighted by Crippen LogP contribution is -2.31. The smallest absolute Gasteiger partial charge is 0.246 e. The van der Waals surface area contributed by atoms with Gasteiger partial charge in [0.25, 0.3) is 0 Å². The van der Waals surface area contributed by atoms with Crippen molar-refractivity contribution in [2.75, 3.05) is 18.8 Å². The molecule has 0 spiro atoms. The Morgan fingerprint density at radius 2 is 1.94 bits per heavy atom. The highest BCUT2D eigenvalue weighted by molar-refractivity contribution is 7.89. The Labute approximate surface area is 100 Å². The summed E-state index contributed by atoms with van der Waals surface area (Å²) in [5.41, 5.74) is 5.68. The van der Waals surface area contributed by atoms with Gasteiger partial charge >= 0.3 is 0 Å². The first-order valence-electron chi connectivity index (χ1n) is 4.84. The van der Waals surface area contributed by atoms with Gasteiger partial charge in [0.05, 0.1) is 10.7 Å². The fourth-order valence-corrected chi connectivity index (χ4v) is 3.09. The Morgan fingerprint density at radius 3 is 2.44 bits per heavy atom. The van der Waals surface area contributed by atoms with E-state index in [-0.39, 0.29) is 15.6 Å². The van der Waals surface area contributed by atoms with Gasteiger partial charge in [0, 0.05) is 25.5 Å². The molecule has 0 atom stereocenters. The highest BCUT2D eigenvalue weighted by Gasteiger charge is 2.25. The van der Waals surface area contributed by atoms with E-state index >= 15 is 0 Å². The molecule has 0 radical (unpaired) electrons. The van der Waals surface area contributed by atoms with Crippen molar-refractivity contribution < 1.29 is 8.42 Å². The number of sulfonamides is 1. The number of hydrogen-bond donors (Lipinski definition) is 1. The van der Waals surface area contributed by atoms with Gasteiger partial charge in [-0.2, -0.15) is 4.31 Å². The zero-order chi connectivity index (χ0) is 12.3. The van der Waals surface area contributed by atoms with Crippen molar-refractivity contribution in [1.82, 2.24) is 9.29 Å². The van der Waals surface area contributed by atoms with E-state index in [2.05, 4.69) is 4.98 Å². The van der Waals surface area contributed by atoms with Gasteiger partial charge in [-0.1, -0.05) is 25.4 Å². The summed E-state index contributed by atoms with van der Waals surface area (Å²) in [7, 11) is -3.59. The van der Waals surface area contributed by atoms with Crippen LogP contribution in [0.15, 0.2) is 17.3 Å². The Kier molecular flexibility index (Phi) is 4.12. The van der Waals surface area contributed by atoms with Crippen LogP contribution < -0.4 is 5.73 Å². The molecular weight excluding hydrogens is 250 g/mol. The molecule has 0 amide bonds. The van der Waals surface area contributed by atoms with Crippen LogP contribution in [0.2, 0.25) is 5.02 Å². The minimum atomic E-state index is -3.59. The first-order chi connectivity index (χ1) is 7.45. The number of nitrogens with two attached hydrogens (primary N) is 1. The highest BCUT2D eigenvalue weighted by Crippen LogP contribution is 2.27. The van der Waals surface area contributed by atoms with Crippen molar-refractivity contribution in [1.29, 1.82) is 0 Å². The number of nitrogens with zero attached hydrogens (tertiary/aromatic N) is 2. The third-order valence-corrected chi connectivity index (χ3v) is 4.60. The summed E-state index contributed by atoms with van der Waals surface area (Å²) in [4.78, 5) is 3.71. The average Bonchev–Trinajstić information content (AvgIpc) is 2.23. The number of hydrogen-bond acceptors (Lipinski definition) is 4. The molecule has 0 aromatic carbocycles. The highest BCUT2D eigenvalue weighted by atomic mass is 35.5. The second-order valence-electron chi connectivity index (χ2n) is 3.12. The van der Waals surface area contributed by atoms with Crippen LogP contribution in [-0.4, -0.2) is 30.8 Å². The SMILES string of the molecule is CCN(CC)S(=O)(=O)c1cncc(Cl)c1N. The number of anilines is 1. The van der Waals surface area contributed by atoms with E-state index in [1.165, 1.54) is 16.7 Å². The summed E-state index contributed by atoms with van der Waals surface area (Å²) in [6.07, 6.45) is 2.53. The summed E-state index contributed by atoms with van der Waals surface area (Å²) in [6, 6.07) is 0. The van der Waals surface area contributed by atoms with E-state index in [1.807, 2.05) is 0 Å². The van der Waals surface area contributed by atoms with Crippen LogP contribution in [-0.2, 0) is 10.0 Å². The minimum Gasteiger partial charge on any atom is -0.396 e. The maximum atomic E-state index is 12.1. The molecule has 1 rings (SSSR count). The number of halogens is 1. The van der Waals surface area contributed by atoms with Crippen LogP contribution in [0.3, 0.4) is 0 Å². The molecule has 16 heavy (non-hydrogen) atoms. The molecule has 0 fully saturated rings. The monoisotopic (exact) mass is 263 g/mol. The number of pyridine rings is 1. The normalized spacial score (nSPS) is 12.0. The molecule has 2 N–H and O–H groups in total. The van der Waals surface area contributed by atoms with Gasteiger partial charge in [0.1, 0.15) is 4.90 Å². The van der Waals surface area contributed by atoms with Crippen LogP contribution in [0.4, 0.5) is 5.69 Å². The summed E-state index contributed by atoms with van der Waals surface area (Å²) >= 11 is 5.74. The minimum absolute atomic E-state index is 0.0382. The van der Waals surface area contributed by atoms with Crippen molar-refractivity contribution >= 4 is 27.3 Å². The molecule has 0 aliphatic rings. The Morgan fingerprint density at radius 1 is 1.38 bits per heavy atom. The maximum absolute atomic E-state index is 12.1. The lowest BCUT2D eigenvalue weighted by Gasteiger charge is -2.19. The largest absolute Gasteiger partial charge is 0.396 e. The third kappa shape index (κ3) is 2.28. The fraction of sp³-hybridized carbons (Fsp3) is 0.444. The van der Waals surface area contributed by atoms with Crippen LogP contribution in [0, 0.1) is 0 Å². The first kappa shape index (κ1) is 13.2. The summed E-state index contributed by atoms with van der Waals surface area (Å²) < 4.78 is 25.5. The molecule has 0 unspecified atom stereocenters. The predicted octanol–water partition coefficient (Wildman–Crippen LogP) is 1.35. The van der Waals surface area contributed by atoms with E-state index in [1.54, 1.807) is 13.8 Å². The van der Waals surface area contributed by atoms with E-state index in [0.717, 1.165) is 0 Å². The molecular formula is C9H14ClN3O2S. The van der Waals surface area contributed by atoms with Gasteiger partial charge < -0.3 is 5.73 Å². The molecule has 0 saturated heterocycles. The van der Waals surface area contributed by atoms with Gasteiger partial charge in [-0.3, -0.25) is 4.98 Å². The molecule has 1 aromatic rings. The molecule has 5 nitrogen and oxygen atoms in total. The Balaban J connectivity index is 3.33. The van der Waals surface area contributed by atoms with Crippen LogP contribution in [0.25, 0.3) is 0 Å². The van der Waals surface area contributed by atoms with Crippen molar-refractivity contribution in [3.8, 4) is 0 Å². The van der Waals surface area contributed by atoms with E-state index in [4.69, 9.17) is 17.3 Å². The number of aromatic nitrogens is 1. The molecule has 90 valence electrons. The Bertz CT molecular complexity index is 472. The fourth-order valence-electron chi connectivity index (χ4n) is 1.34. The van der Waals surface area contributed by atoms with Gasteiger partial charge in [-0.15, -0.1) is 0 Å². The lowest BCUT2D eigenvalue weighted by molar-refractivity contribution is 0.445. The van der Waals surface area contributed by atoms with E-state index in [0.29, 0.717) is 13.1 Å². The molecule has 1 aromatic heterocycles. The zero-order valence-electron chi connectivity index (χ0n) is 9.14. The quantitative estimate of drug-likeness (QED) is 0.890. The second-order valence-corrected chi connectivity index (χ2v) is 5.44. The van der Waals surface area contributed by atoms with Gasteiger partial charge in [0.2, 0.25) is 10.0 Å². The molecule has 7 heteroatoms. The summed E-state index contributed by atoms with van der Waals surface area (Å²) in [5.74, 6) is 0. The van der Waals surface area contributed by atoms with E-state index < -0.39 is 10.0 Å². The molecule has 0 aliphatic heterocycles. The summed E-state index contributed by atoms with van der Waals surface area (Å²) in [6.45, 7) is 4.28. The summed E-state index contributed by atoms with van der Waals surface area (Å²) in [5, 5.41) is 0.147. The molecule has 0 saturated carbocycles. The van der Waals surface area contributed by atoms with Gasteiger partial charge in [0.15, 0.2) is 0 Å². The van der Waals surface area contributed by atoms with Crippen LogP contribution in [0.5, 0.6) is 0 Å². The van der Waals surface area contributed by atoms with Crippen molar-refractivity contribution in [3.05, 3.63) is 17.4 Å². The average molecular weight is 264 g/mol. The van der Waals surface area contributed by atoms with Gasteiger partial charge in [-0.05, 0) is 0 Å². The van der Waals surface area contributed by atoms with Crippen molar-refractivity contribution in [2.24, 2.45) is 0 Å². The predicted molar refractivity (Wildman–Crippen MR) is 63.8 cm³/mol. The second kappa shape index (κ2) is 4.99. The van der Waals surface area contributed by atoms with E-state index in [9.17, 15) is 8.42 Å². The first-order valence-corrected chi connectivity index (χ1v) is 6.66. The van der Waals surface area contributed by atoms with Crippen molar-refractivity contribution in [3.63, 3.8) is 0 Å². The lowest BCUT2D eigenvalue weighted by atomic mass is 10.4. The maximum Gasteiger partial charge on any atom is 0.246 e. The number of nitrogen functional groups attached to an aromatic ring is 1. The Hall–Kier alpha value is -0.850. The van der Waals surface area contributed by atoms with Crippen LogP contribution in [0.1, 0.15) is 13.8 Å². The van der Waals surface area contributed by atoms with Gasteiger partial charge in [-0.25, -0.2) is 8.42 Å². The van der Waals surface area contributed by atoms with Crippen LogP contribution >= 0.6 is 11.6 Å². The molecule has 1 heterocycles. The molecule has 0 aliphatic carbocycles. The van der Waals surface area contributed by atoms with Crippen molar-refractivity contribution in [2.45, 2.75) is 18.7 Å². The topological polar surface area (TPSA) is 76.3 Å². The standard InChI is InChI=1S/C9H14ClN3O2S/c1-3-13(4-2)16(14,15)8-6-12-5-7(10)9(8)11/h5-6H,3-4H2,1-2H3,(H2,11,12). The third-order valence-electron chi connectivity index (χ3n) is 2.23.